The Morgan fingerprint density at radius 3 is 2.44 bits per heavy atom. The summed E-state index contributed by atoms with van der Waals surface area (Å²) >= 11 is 0. The van der Waals surface area contributed by atoms with Crippen LogP contribution in [0.4, 0.5) is 4.39 Å². The number of halogens is 1. The molecule has 0 saturated heterocycles. The summed E-state index contributed by atoms with van der Waals surface area (Å²) in [4.78, 5) is 18.4. The average molecular weight is 218 g/mol. The number of carboxylic acids is 1. The zero-order valence-corrected chi connectivity index (χ0v) is 8.09. The van der Waals surface area contributed by atoms with E-state index in [-0.39, 0.29) is 11.4 Å². The van der Waals surface area contributed by atoms with Gasteiger partial charge in [-0.2, -0.15) is 0 Å². The van der Waals surface area contributed by atoms with Crippen LogP contribution in [0.15, 0.2) is 36.7 Å². The van der Waals surface area contributed by atoms with Crippen molar-refractivity contribution in [3.8, 4) is 11.4 Å². The van der Waals surface area contributed by atoms with Gasteiger partial charge in [-0.1, -0.05) is 18.2 Å². The number of hydrogen-bond donors (Lipinski definition) is 1. The van der Waals surface area contributed by atoms with E-state index < -0.39 is 11.8 Å². The summed E-state index contributed by atoms with van der Waals surface area (Å²) in [5.74, 6) is -1.43. The molecule has 1 aromatic carbocycles. The van der Waals surface area contributed by atoms with Crippen LogP contribution in [-0.2, 0) is 0 Å². The van der Waals surface area contributed by atoms with Gasteiger partial charge in [0.2, 0.25) is 0 Å². The molecule has 1 N–H and O–H groups in total. The van der Waals surface area contributed by atoms with Gasteiger partial charge in [0.25, 0.3) is 0 Å². The first-order chi connectivity index (χ1) is 7.68. The molecule has 0 radical (unpaired) electrons. The molecule has 0 atom stereocenters. The molecule has 4 nitrogen and oxygen atoms in total. The summed E-state index contributed by atoms with van der Waals surface area (Å²) in [6, 6.07) is 6.31. The Balaban J connectivity index is 2.55. The van der Waals surface area contributed by atoms with Crippen molar-refractivity contribution >= 4 is 5.97 Å². The van der Waals surface area contributed by atoms with Crippen LogP contribution in [0.1, 0.15) is 10.4 Å². The molecule has 16 heavy (non-hydrogen) atoms. The first kappa shape index (κ1) is 10.2. The molecule has 0 saturated carbocycles. The van der Waals surface area contributed by atoms with E-state index in [0.717, 1.165) is 12.4 Å². The fourth-order valence-electron chi connectivity index (χ4n) is 1.32. The third kappa shape index (κ3) is 1.88. The van der Waals surface area contributed by atoms with Crippen LogP contribution in [0, 0.1) is 5.82 Å². The van der Waals surface area contributed by atoms with Crippen LogP contribution in [-0.4, -0.2) is 21.0 Å². The number of aromatic carboxylic acids is 1. The van der Waals surface area contributed by atoms with Crippen molar-refractivity contribution in [1.29, 1.82) is 0 Å². The highest BCUT2D eigenvalue weighted by molar-refractivity contribution is 5.94. The van der Waals surface area contributed by atoms with Crippen molar-refractivity contribution in [2.45, 2.75) is 0 Å². The van der Waals surface area contributed by atoms with E-state index >= 15 is 0 Å². The normalized spacial score (nSPS) is 10.1. The van der Waals surface area contributed by atoms with Crippen molar-refractivity contribution in [3.05, 3.63) is 48.0 Å². The first-order valence-electron chi connectivity index (χ1n) is 4.49. The van der Waals surface area contributed by atoms with Gasteiger partial charge in [0.05, 0.1) is 18.0 Å². The van der Waals surface area contributed by atoms with Gasteiger partial charge in [-0.25, -0.2) is 19.2 Å². The number of rotatable bonds is 2. The van der Waals surface area contributed by atoms with Gasteiger partial charge in [0.1, 0.15) is 0 Å². The lowest BCUT2D eigenvalue weighted by molar-refractivity contribution is 0.0697. The van der Waals surface area contributed by atoms with Gasteiger partial charge in [-0.3, -0.25) is 0 Å². The van der Waals surface area contributed by atoms with E-state index in [4.69, 9.17) is 5.11 Å². The number of hydrogen-bond acceptors (Lipinski definition) is 3. The molecule has 0 spiro atoms. The van der Waals surface area contributed by atoms with E-state index in [9.17, 15) is 9.18 Å². The molecule has 0 aliphatic carbocycles. The molecule has 1 heterocycles. The van der Waals surface area contributed by atoms with E-state index in [2.05, 4.69) is 9.97 Å². The highest BCUT2D eigenvalue weighted by Gasteiger charge is 2.12. The fourth-order valence-corrected chi connectivity index (χ4v) is 1.32. The molecular formula is C11H7FN2O2. The predicted molar refractivity (Wildman–Crippen MR) is 54.4 cm³/mol. The molecule has 0 aliphatic heterocycles. The largest absolute Gasteiger partial charge is 0.478 e. The molecule has 2 rings (SSSR count). The molecule has 0 aliphatic rings. The average Bonchev–Trinajstić information content (AvgIpc) is 2.30. The summed E-state index contributed by atoms with van der Waals surface area (Å²) < 4.78 is 12.6. The van der Waals surface area contributed by atoms with Crippen molar-refractivity contribution < 1.29 is 14.3 Å². The molecule has 80 valence electrons. The van der Waals surface area contributed by atoms with Crippen LogP contribution >= 0.6 is 0 Å². The Bertz CT molecular complexity index is 526. The zero-order chi connectivity index (χ0) is 11.5. The summed E-state index contributed by atoms with van der Waals surface area (Å²) in [5, 5.41) is 8.95. The second-order valence-corrected chi connectivity index (χ2v) is 3.08. The van der Waals surface area contributed by atoms with Gasteiger partial charge in [0, 0.05) is 5.56 Å². The van der Waals surface area contributed by atoms with Crippen molar-refractivity contribution in [2.75, 3.05) is 0 Å². The zero-order valence-electron chi connectivity index (χ0n) is 8.09. The van der Waals surface area contributed by atoms with Gasteiger partial charge in [-0.15, -0.1) is 0 Å². The summed E-state index contributed by atoms with van der Waals surface area (Å²) in [6.45, 7) is 0. The second-order valence-electron chi connectivity index (χ2n) is 3.08. The van der Waals surface area contributed by atoms with Crippen molar-refractivity contribution in [1.82, 2.24) is 9.97 Å². The third-order valence-corrected chi connectivity index (χ3v) is 2.02. The molecule has 0 fully saturated rings. The monoisotopic (exact) mass is 218 g/mol. The minimum absolute atomic E-state index is 0.0918. The second kappa shape index (κ2) is 4.06. The molecule has 5 heteroatoms. The summed E-state index contributed by atoms with van der Waals surface area (Å²) in [6.07, 6.45) is 2.00. The van der Waals surface area contributed by atoms with Gasteiger partial charge in [0.15, 0.2) is 11.6 Å². The molecule has 0 unspecified atom stereocenters. The fraction of sp³-hybridized carbons (Fsp3) is 0. The number of carbonyl (C=O) groups is 1. The summed E-state index contributed by atoms with van der Waals surface area (Å²) in [5.41, 5.74) is 0.462. The maximum atomic E-state index is 12.6. The molecular weight excluding hydrogens is 211 g/mol. The molecule has 2 aromatic rings. The standard InChI is InChI=1S/C11H7FN2O2/c12-7-5-13-10(14-6-7)8-3-1-2-4-9(8)11(15)16/h1-6H,(H,15,16). The quantitative estimate of drug-likeness (QED) is 0.837. The molecule has 1 aromatic heterocycles. The van der Waals surface area contributed by atoms with E-state index in [1.807, 2.05) is 0 Å². The Labute approximate surface area is 90.4 Å². The SMILES string of the molecule is O=C(O)c1ccccc1-c1ncc(F)cn1. The Hall–Kier alpha value is -2.30. The molecule has 0 amide bonds. The highest BCUT2D eigenvalue weighted by atomic mass is 19.1. The predicted octanol–water partition coefficient (Wildman–Crippen LogP) is 1.98. The van der Waals surface area contributed by atoms with Gasteiger partial charge in [-0.05, 0) is 6.07 Å². The Morgan fingerprint density at radius 1 is 1.19 bits per heavy atom. The summed E-state index contributed by atoms with van der Waals surface area (Å²) in [7, 11) is 0. The van der Waals surface area contributed by atoms with Crippen LogP contribution < -0.4 is 0 Å². The van der Waals surface area contributed by atoms with Gasteiger partial charge >= 0.3 is 5.97 Å². The number of nitrogens with zero attached hydrogens (tertiary/aromatic N) is 2. The number of aromatic nitrogens is 2. The van der Waals surface area contributed by atoms with Crippen LogP contribution in [0.25, 0.3) is 11.4 Å². The van der Waals surface area contributed by atoms with Crippen molar-refractivity contribution in [2.24, 2.45) is 0 Å². The minimum Gasteiger partial charge on any atom is -0.478 e. The lowest BCUT2D eigenvalue weighted by atomic mass is 10.1. The van der Waals surface area contributed by atoms with E-state index in [1.165, 1.54) is 6.07 Å². The van der Waals surface area contributed by atoms with E-state index in [1.54, 1.807) is 18.2 Å². The highest BCUT2D eigenvalue weighted by Crippen LogP contribution is 2.19. The van der Waals surface area contributed by atoms with E-state index in [0.29, 0.717) is 5.56 Å². The minimum atomic E-state index is -1.07. The topological polar surface area (TPSA) is 63.1 Å². The Kier molecular flexibility index (Phi) is 2.59. The Morgan fingerprint density at radius 2 is 1.81 bits per heavy atom. The third-order valence-electron chi connectivity index (χ3n) is 2.02. The van der Waals surface area contributed by atoms with Crippen LogP contribution in [0.5, 0.6) is 0 Å². The maximum absolute atomic E-state index is 12.6. The maximum Gasteiger partial charge on any atom is 0.336 e. The smallest absolute Gasteiger partial charge is 0.336 e. The van der Waals surface area contributed by atoms with Crippen LogP contribution in [0.2, 0.25) is 0 Å². The number of carboxylic acid groups (broad SMARTS) is 1. The van der Waals surface area contributed by atoms with Crippen molar-refractivity contribution in [3.63, 3.8) is 0 Å². The lowest BCUT2D eigenvalue weighted by Gasteiger charge is -2.03. The van der Waals surface area contributed by atoms with Gasteiger partial charge < -0.3 is 5.11 Å². The number of benzene rings is 1. The molecule has 0 bridgehead atoms. The lowest BCUT2D eigenvalue weighted by Crippen LogP contribution is -2.01. The first-order valence-corrected chi connectivity index (χ1v) is 4.49. The van der Waals surface area contributed by atoms with Crippen LogP contribution in [0.3, 0.4) is 0 Å².